The van der Waals surface area contributed by atoms with Crippen LogP contribution in [-0.2, 0) is 9.53 Å². The fourth-order valence-corrected chi connectivity index (χ4v) is 2.05. The minimum absolute atomic E-state index is 0.192. The molecule has 0 radical (unpaired) electrons. The van der Waals surface area contributed by atoms with E-state index in [-0.39, 0.29) is 23.8 Å². The Balaban J connectivity index is 2.81. The lowest BCUT2D eigenvalue weighted by molar-refractivity contribution is -0.147. The third-order valence-electron chi connectivity index (χ3n) is 2.76. The molecule has 0 bridgehead atoms. The van der Waals surface area contributed by atoms with E-state index in [1.807, 2.05) is 0 Å². The third-order valence-corrected chi connectivity index (χ3v) is 3.07. The molecule has 5 nitrogen and oxygen atoms in total. The maximum Gasteiger partial charge on any atom is 0.308 e. The van der Waals surface area contributed by atoms with Gasteiger partial charge in [0.05, 0.1) is 24.2 Å². The van der Waals surface area contributed by atoms with Crippen molar-refractivity contribution in [3.63, 3.8) is 0 Å². The number of carbonyl (C=O) groups excluding carboxylic acids is 2. The number of ketones is 1. The highest BCUT2D eigenvalue weighted by molar-refractivity contribution is 6.33. The molecule has 0 heterocycles. The van der Waals surface area contributed by atoms with Gasteiger partial charge in [0.1, 0.15) is 6.10 Å². The van der Waals surface area contributed by atoms with Crippen LogP contribution in [0.4, 0.5) is 0 Å². The molecular formula is C14H17ClO5. The Morgan fingerprint density at radius 1 is 1.35 bits per heavy atom. The molecule has 0 spiro atoms. The van der Waals surface area contributed by atoms with Gasteiger partial charge in [0, 0.05) is 5.56 Å². The summed E-state index contributed by atoms with van der Waals surface area (Å²) in [6, 6.07) is 4.36. The molecule has 0 aliphatic rings. The predicted molar refractivity (Wildman–Crippen MR) is 73.7 cm³/mol. The summed E-state index contributed by atoms with van der Waals surface area (Å²) >= 11 is 5.92. The number of aliphatic hydroxyl groups is 2. The van der Waals surface area contributed by atoms with Crippen LogP contribution in [0, 0.1) is 0 Å². The zero-order chi connectivity index (χ0) is 15.3. The number of hydrogen-bond donors (Lipinski definition) is 2. The second-order valence-corrected chi connectivity index (χ2v) is 4.72. The number of aliphatic hydroxyl groups excluding tert-OH is 2. The summed E-state index contributed by atoms with van der Waals surface area (Å²) in [5.41, 5.74) is 0.666. The quantitative estimate of drug-likeness (QED) is 0.619. The van der Waals surface area contributed by atoms with Crippen molar-refractivity contribution < 1.29 is 24.5 Å². The molecule has 0 aromatic heterocycles. The average Bonchev–Trinajstić information content (AvgIpc) is 2.37. The molecule has 0 fully saturated rings. The fourth-order valence-electron chi connectivity index (χ4n) is 1.73. The Morgan fingerprint density at radius 2 is 2.00 bits per heavy atom. The van der Waals surface area contributed by atoms with Crippen molar-refractivity contribution in [3.8, 4) is 0 Å². The number of ether oxygens (including phenoxy) is 1. The van der Waals surface area contributed by atoms with Crippen LogP contribution in [0.5, 0.6) is 0 Å². The van der Waals surface area contributed by atoms with Crippen molar-refractivity contribution in [2.45, 2.75) is 32.5 Å². The molecule has 1 rings (SSSR count). The van der Waals surface area contributed by atoms with Crippen LogP contribution in [0.1, 0.15) is 42.3 Å². The van der Waals surface area contributed by atoms with Gasteiger partial charge in [-0.1, -0.05) is 17.7 Å². The largest absolute Gasteiger partial charge is 0.466 e. The smallest absolute Gasteiger partial charge is 0.308 e. The van der Waals surface area contributed by atoms with Crippen molar-refractivity contribution in [2.24, 2.45) is 0 Å². The highest BCUT2D eigenvalue weighted by Crippen LogP contribution is 2.25. The molecular weight excluding hydrogens is 284 g/mol. The lowest BCUT2D eigenvalue weighted by Gasteiger charge is -2.18. The molecule has 0 saturated carbocycles. The van der Waals surface area contributed by atoms with Crippen molar-refractivity contribution in [1.82, 2.24) is 0 Å². The van der Waals surface area contributed by atoms with Gasteiger partial charge >= 0.3 is 5.97 Å². The van der Waals surface area contributed by atoms with Gasteiger partial charge in [0.15, 0.2) is 5.78 Å². The van der Waals surface area contributed by atoms with Crippen LogP contribution in [0.2, 0.25) is 5.02 Å². The summed E-state index contributed by atoms with van der Waals surface area (Å²) < 4.78 is 4.69. The molecule has 0 aliphatic carbocycles. The van der Waals surface area contributed by atoms with Gasteiger partial charge in [-0.2, -0.15) is 0 Å². The molecule has 2 atom stereocenters. The predicted octanol–water partition coefficient (Wildman–Crippen LogP) is 1.89. The number of esters is 1. The molecule has 0 aliphatic heterocycles. The minimum atomic E-state index is -1.30. The molecule has 6 heteroatoms. The summed E-state index contributed by atoms with van der Waals surface area (Å²) in [6.07, 6.45) is -2.90. The van der Waals surface area contributed by atoms with Crippen LogP contribution >= 0.6 is 11.6 Å². The first-order valence-corrected chi connectivity index (χ1v) is 6.56. The lowest BCUT2D eigenvalue weighted by Crippen LogP contribution is -2.23. The number of benzene rings is 1. The summed E-state index contributed by atoms with van der Waals surface area (Å²) in [7, 11) is 0. The zero-order valence-corrected chi connectivity index (χ0v) is 12.1. The van der Waals surface area contributed by atoms with Crippen LogP contribution in [-0.4, -0.2) is 34.7 Å². The summed E-state index contributed by atoms with van der Waals surface area (Å²) in [4.78, 5) is 22.5. The van der Waals surface area contributed by atoms with Gasteiger partial charge in [-0.15, -0.1) is 0 Å². The molecule has 0 saturated heterocycles. The highest BCUT2D eigenvalue weighted by Gasteiger charge is 2.23. The number of rotatable bonds is 6. The molecule has 2 unspecified atom stereocenters. The standard InChI is InChI=1S/C14H17ClO5/c1-3-20-13(18)7-12(17)14(19)9-4-5-10(8(2)16)11(15)6-9/h4-6,12,14,17,19H,3,7H2,1-2H3. The average molecular weight is 301 g/mol. The summed E-state index contributed by atoms with van der Waals surface area (Å²) in [6.45, 7) is 3.24. The number of halogens is 1. The Hall–Kier alpha value is -1.43. The Labute approximate surface area is 122 Å². The van der Waals surface area contributed by atoms with E-state index in [0.29, 0.717) is 11.1 Å². The van der Waals surface area contributed by atoms with Crippen molar-refractivity contribution in [2.75, 3.05) is 6.61 Å². The van der Waals surface area contributed by atoms with Gasteiger partial charge in [0.25, 0.3) is 0 Å². The first-order chi connectivity index (χ1) is 9.36. The Bertz CT molecular complexity index is 500. The Kier molecular flexibility index (Phi) is 6.13. The molecule has 0 amide bonds. The molecule has 1 aromatic rings. The Morgan fingerprint density at radius 3 is 2.50 bits per heavy atom. The zero-order valence-electron chi connectivity index (χ0n) is 11.3. The van der Waals surface area contributed by atoms with E-state index in [9.17, 15) is 19.8 Å². The molecule has 110 valence electrons. The van der Waals surface area contributed by atoms with E-state index >= 15 is 0 Å². The first-order valence-electron chi connectivity index (χ1n) is 6.19. The van der Waals surface area contributed by atoms with Crippen LogP contribution < -0.4 is 0 Å². The van der Waals surface area contributed by atoms with Gasteiger partial charge in [-0.05, 0) is 31.5 Å². The van der Waals surface area contributed by atoms with E-state index in [1.54, 1.807) is 6.92 Å². The van der Waals surface area contributed by atoms with Gasteiger partial charge in [-0.25, -0.2) is 0 Å². The maximum absolute atomic E-state index is 11.2. The third kappa shape index (κ3) is 4.30. The van der Waals surface area contributed by atoms with Crippen molar-refractivity contribution in [3.05, 3.63) is 34.3 Å². The number of carbonyl (C=O) groups is 2. The van der Waals surface area contributed by atoms with Gasteiger partial charge in [0.2, 0.25) is 0 Å². The first kappa shape index (κ1) is 16.6. The monoisotopic (exact) mass is 300 g/mol. The lowest BCUT2D eigenvalue weighted by atomic mass is 10.00. The SMILES string of the molecule is CCOC(=O)CC(O)C(O)c1ccc(C(C)=O)c(Cl)c1. The van der Waals surface area contributed by atoms with E-state index in [0.717, 1.165) is 0 Å². The fraction of sp³-hybridized carbons (Fsp3) is 0.429. The minimum Gasteiger partial charge on any atom is -0.466 e. The van der Waals surface area contributed by atoms with Gasteiger partial charge < -0.3 is 14.9 Å². The normalized spacial score (nSPS) is 13.7. The van der Waals surface area contributed by atoms with E-state index in [2.05, 4.69) is 0 Å². The topological polar surface area (TPSA) is 83.8 Å². The second-order valence-electron chi connectivity index (χ2n) is 4.32. The highest BCUT2D eigenvalue weighted by atomic mass is 35.5. The van der Waals surface area contributed by atoms with Crippen LogP contribution in [0.15, 0.2) is 18.2 Å². The van der Waals surface area contributed by atoms with Crippen LogP contribution in [0.25, 0.3) is 0 Å². The molecule has 1 aromatic carbocycles. The summed E-state index contributed by atoms with van der Waals surface area (Å²) in [5.74, 6) is -0.784. The van der Waals surface area contributed by atoms with Crippen molar-refractivity contribution in [1.29, 1.82) is 0 Å². The van der Waals surface area contributed by atoms with Gasteiger partial charge in [-0.3, -0.25) is 9.59 Å². The van der Waals surface area contributed by atoms with Crippen LogP contribution in [0.3, 0.4) is 0 Å². The molecule has 20 heavy (non-hydrogen) atoms. The number of Topliss-reactive ketones (excluding diaryl/α,β-unsaturated/α-hetero) is 1. The second kappa shape index (κ2) is 7.38. The van der Waals surface area contributed by atoms with Crippen molar-refractivity contribution >= 4 is 23.4 Å². The molecule has 2 N–H and O–H groups in total. The van der Waals surface area contributed by atoms with E-state index in [1.165, 1.54) is 25.1 Å². The summed E-state index contributed by atoms with van der Waals surface area (Å²) in [5, 5.41) is 19.9. The van der Waals surface area contributed by atoms with E-state index < -0.39 is 18.2 Å². The maximum atomic E-state index is 11.2. The van der Waals surface area contributed by atoms with E-state index in [4.69, 9.17) is 16.3 Å². The number of hydrogen-bond acceptors (Lipinski definition) is 5.